The van der Waals surface area contributed by atoms with E-state index in [1.54, 1.807) is 20.2 Å². The number of nitrogens with zero attached hydrogens (tertiary/aromatic N) is 1. The van der Waals surface area contributed by atoms with Gasteiger partial charge in [0.15, 0.2) is 0 Å². The summed E-state index contributed by atoms with van der Waals surface area (Å²) in [5.74, 6) is 0. The Balaban J connectivity index is 2.26. The van der Waals surface area contributed by atoms with Crippen molar-refractivity contribution in [3.8, 4) is 0 Å². The first-order valence-electron chi connectivity index (χ1n) is 7.18. The van der Waals surface area contributed by atoms with Gasteiger partial charge in [0.25, 0.3) is 15.3 Å². The van der Waals surface area contributed by atoms with Gasteiger partial charge in [0.05, 0.1) is 10.5 Å². The minimum atomic E-state index is -4.64. The molecule has 2 aromatic carbocycles. The molecular weight excluding hydrogens is 389 g/mol. The van der Waals surface area contributed by atoms with Gasteiger partial charge in [0.2, 0.25) is 0 Å². The Kier molecular flexibility index (Phi) is 5.87. The lowest BCUT2D eigenvalue weighted by Crippen LogP contribution is -2.16. The fourth-order valence-corrected chi connectivity index (χ4v) is 3.68. The van der Waals surface area contributed by atoms with Gasteiger partial charge in [0, 0.05) is 24.7 Å². The van der Waals surface area contributed by atoms with Crippen LogP contribution in [-0.2, 0) is 16.2 Å². The molecule has 5 nitrogen and oxygen atoms in total. The van der Waals surface area contributed by atoms with Crippen molar-refractivity contribution >= 4 is 32.7 Å². The molecule has 0 heterocycles. The average molecular weight is 404 g/mol. The van der Waals surface area contributed by atoms with Crippen LogP contribution in [0.4, 0.5) is 23.7 Å². The zero-order valence-electron chi connectivity index (χ0n) is 13.7. The Morgan fingerprint density at radius 3 is 2.35 bits per heavy atom. The Labute approximate surface area is 153 Å². The summed E-state index contributed by atoms with van der Waals surface area (Å²) in [6.07, 6.45) is -4.64. The second kappa shape index (κ2) is 7.58. The van der Waals surface area contributed by atoms with Gasteiger partial charge in [-0.1, -0.05) is 12.1 Å². The number of nitrogens with one attached hydrogen (secondary N) is 1. The van der Waals surface area contributed by atoms with Crippen molar-refractivity contribution in [3.63, 3.8) is 0 Å². The zero-order chi connectivity index (χ0) is 19.5. The summed E-state index contributed by atoms with van der Waals surface area (Å²) in [5.41, 5.74) is -0.916. The van der Waals surface area contributed by atoms with Gasteiger partial charge in [-0.3, -0.25) is 9.52 Å². The van der Waals surface area contributed by atoms with Crippen molar-refractivity contribution in [1.82, 2.24) is 4.90 Å². The third-order valence-corrected chi connectivity index (χ3v) is 5.54. The predicted octanol–water partition coefficient (Wildman–Crippen LogP) is 4.28. The summed E-state index contributed by atoms with van der Waals surface area (Å²) >= 11 is 0.897. The number of alkyl halides is 3. The highest BCUT2D eigenvalue weighted by molar-refractivity contribution is 8.13. The number of carbonyl (C=O) groups is 1. The predicted molar refractivity (Wildman–Crippen MR) is 93.6 cm³/mol. The number of rotatable bonds is 4. The van der Waals surface area contributed by atoms with Crippen molar-refractivity contribution in [2.24, 2.45) is 0 Å². The zero-order valence-corrected chi connectivity index (χ0v) is 15.4. The monoisotopic (exact) mass is 404 g/mol. The van der Waals surface area contributed by atoms with E-state index in [9.17, 15) is 26.4 Å². The van der Waals surface area contributed by atoms with Crippen LogP contribution in [0.5, 0.6) is 0 Å². The maximum atomic E-state index is 12.8. The SMILES string of the molecule is CN(C)C(=O)Sc1cccc(NS(=O)(=O)c2cccc(C(F)(F)F)c2)c1. The number of benzene rings is 2. The Hall–Kier alpha value is -2.20. The van der Waals surface area contributed by atoms with Gasteiger partial charge in [-0.25, -0.2) is 8.42 Å². The van der Waals surface area contributed by atoms with E-state index in [-0.39, 0.29) is 10.9 Å². The highest BCUT2D eigenvalue weighted by atomic mass is 32.2. The van der Waals surface area contributed by atoms with E-state index in [2.05, 4.69) is 4.72 Å². The van der Waals surface area contributed by atoms with Crippen molar-refractivity contribution in [1.29, 1.82) is 0 Å². The lowest BCUT2D eigenvalue weighted by atomic mass is 10.2. The number of hydrogen-bond acceptors (Lipinski definition) is 4. The third-order valence-electron chi connectivity index (χ3n) is 3.13. The minimum Gasteiger partial charge on any atom is -0.339 e. The van der Waals surface area contributed by atoms with Crippen LogP contribution in [0.3, 0.4) is 0 Å². The molecule has 0 aromatic heterocycles. The topological polar surface area (TPSA) is 66.5 Å². The highest BCUT2D eigenvalue weighted by Gasteiger charge is 2.31. The van der Waals surface area contributed by atoms with Crippen LogP contribution in [0, 0.1) is 0 Å². The summed E-state index contributed by atoms with van der Waals surface area (Å²) in [5, 5.41) is -0.247. The molecule has 2 rings (SSSR count). The van der Waals surface area contributed by atoms with Crippen LogP contribution in [-0.4, -0.2) is 32.7 Å². The second-order valence-corrected chi connectivity index (χ2v) is 8.13. The summed E-state index contributed by atoms with van der Waals surface area (Å²) in [7, 11) is -1.05. The minimum absolute atomic E-state index is 0.138. The normalized spacial score (nSPS) is 11.9. The first-order valence-corrected chi connectivity index (χ1v) is 9.48. The molecule has 0 aliphatic carbocycles. The highest BCUT2D eigenvalue weighted by Crippen LogP contribution is 2.31. The molecule has 26 heavy (non-hydrogen) atoms. The lowest BCUT2D eigenvalue weighted by Gasteiger charge is -2.12. The summed E-state index contributed by atoms with van der Waals surface area (Å²) in [4.78, 5) is 13.1. The molecule has 0 unspecified atom stereocenters. The Morgan fingerprint density at radius 1 is 1.08 bits per heavy atom. The number of sulfonamides is 1. The second-order valence-electron chi connectivity index (χ2n) is 5.42. The van der Waals surface area contributed by atoms with Crippen LogP contribution in [0.15, 0.2) is 58.3 Å². The van der Waals surface area contributed by atoms with Crippen LogP contribution in [0.25, 0.3) is 0 Å². The van der Waals surface area contributed by atoms with E-state index in [0.29, 0.717) is 11.0 Å². The van der Waals surface area contributed by atoms with Crippen molar-refractivity contribution < 1.29 is 26.4 Å². The smallest absolute Gasteiger partial charge is 0.339 e. The Bertz CT molecular complexity index is 913. The first-order chi connectivity index (χ1) is 12.0. The molecule has 140 valence electrons. The fraction of sp³-hybridized carbons (Fsp3) is 0.188. The van der Waals surface area contributed by atoms with Gasteiger partial charge < -0.3 is 4.90 Å². The number of amides is 1. The molecular formula is C16H15F3N2O3S2. The van der Waals surface area contributed by atoms with Crippen molar-refractivity contribution in [3.05, 3.63) is 54.1 Å². The van der Waals surface area contributed by atoms with Gasteiger partial charge >= 0.3 is 6.18 Å². The quantitative estimate of drug-likeness (QED) is 0.773. The number of anilines is 1. The molecule has 0 fully saturated rings. The van der Waals surface area contributed by atoms with Crippen LogP contribution in [0.2, 0.25) is 0 Å². The first kappa shape index (κ1) is 20.1. The van der Waals surface area contributed by atoms with E-state index in [1.165, 1.54) is 23.1 Å². The van der Waals surface area contributed by atoms with Crippen LogP contribution >= 0.6 is 11.8 Å². The largest absolute Gasteiger partial charge is 0.416 e. The maximum Gasteiger partial charge on any atom is 0.416 e. The van der Waals surface area contributed by atoms with Gasteiger partial charge in [-0.2, -0.15) is 13.2 Å². The third kappa shape index (κ3) is 5.15. The molecule has 0 radical (unpaired) electrons. The number of thioether (sulfide) groups is 1. The molecule has 1 N–H and O–H groups in total. The summed E-state index contributed by atoms with van der Waals surface area (Å²) < 4.78 is 65.3. The van der Waals surface area contributed by atoms with E-state index < -0.39 is 26.7 Å². The standard InChI is InChI=1S/C16H15F3N2O3S2/c1-21(2)15(22)25-13-7-4-6-12(10-13)20-26(23,24)14-8-3-5-11(9-14)16(17,18)19/h3-10,20H,1-2H3. The molecule has 0 saturated carbocycles. The van der Waals surface area contributed by atoms with Gasteiger partial charge in [-0.05, 0) is 48.2 Å². The number of carbonyl (C=O) groups excluding carboxylic acids is 1. The summed E-state index contributed by atoms with van der Waals surface area (Å²) in [6.45, 7) is 0. The maximum absolute atomic E-state index is 12.8. The molecule has 0 spiro atoms. The molecule has 2 aromatic rings. The van der Waals surface area contributed by atoms with Crippen molar-refractivity contribution in [2.45, 2.75) is 16.0 Å². The molecule has 0 aliphatic rings. The number of halogens is 3. The molecule has 0 aliphatic heterocycles. The van der Waals surface area contributed by atoms with E-state index in [0.717, 1.165) is 30.0 Å². The average Bonchev–Trinajstić information content (AvgIpc) is 2.54. The van der Waals surface area contributed by atoms with Gasteiger partial charge in [0.1, 0.15) is 0 Å². The molecule has 10 heteroatoms. The fourth-order valence-electron chi connectivity index (χ4n) is 1.87. The Morgan fingerprint density at radius 2 is 1.73 bits per heavy atom. The molecule has 0 bridgehead atoms. The van der Waals surface area contributed by atoms with Gasteiger partial charge in [-0.15, -0.1) is 0 Å². The van der Waals surface area contributed by atoms with E-state index >= 15 is 0 Å². The summed E-state index contributed by atoms with van der Waals surface area (Å²) in [6, 6.07) is 9.49. The molecule has 1 amide bonds. The lowest BCUT2D eigenvalue weighted by molar-refractivity contribution is -0.137. The molecule has 0 atom stereocenters. The number of hydrogen-bond donors (Lipinski definition) is 1. The van der Waals surface area contributed by atoms with Crippen LogP contribution in [0.1, 0.15) is 5.56 Å². The van der Waals surface area contributed by atoms with E-state index in [4.69, 9.17) is 0 Å². The van der Waals surface area contributed by atoms with Crippen LogP contribution < -0.4 is 4.72 Å². The van der Waals surface area contributed by atoms with Crippen molar-refractivity contribution in [2.75, 3.05) is 18.8 Å². The van der Waals surface area contributed by atoms with E-state index in [1.807, 2.05) is 0 Å². The molecule has 0 saturated heterocycles.